The predicted octanol–water partition coefficient (Wildman–Crippen LogP) is 0.930. The van der Waals surface area contributed by atoms with Gasteiger partial charge in [0, 0.05) is 6.04 Å². The molecule has 100 valence electrons. The number of aromatic nitrogens is 2. The fourth-order valence-corrected chi connectivity index (χ4v) is 2.19. The van der Waals surface area contributed by atoms with Crippen LogP contribution in [0.2, 0.25) is 0 Å². The van der Waals surface area contributed by atoms with Gasteiger partial charge >= 0.3 is 0 Å². The zero-order valence-electron chi connectivity index (χ0n) is 10.9. The van der Waals surface area contributed by atoms with Gasteiger partial charge in [-0.3, -0.25) is 0 Å². The van der Waals surface area contributed by atoms with Gasteiger partial charge in [-0.05, 0) is 26.4 Å². The highest BCUT2D eigenvalue weighted by Gasteiger charge is 2.20. The number of nitrogens with zero attached hydrogens (tertiary/aromatic N) is 3. The number of nitrogen functional groups attached to an aromatic ring is 1. The first-order valence-corrected chi connectivity index (χ1v) is 6.20. The lowest BCUT2D eigenvalue weighted by molar-refractivity contribution is 0.120. The van der Waals surface area contributed by atoms with Crippen LogP contribution in [0.5, 0.6) is 11.6 Å². The first-order chi connectivity index (χ1) is 8.72. The van der Waals surface area contributed by atoms with Crippen LogP contribution in [-0.2, 0) is 0 Å². The Bertz CT molecular complexity index is 400. The zero-order chi connectivity index (χ0) is 13.0. The van der Waals surface area contributed by atoms with Crippen molar-refractivity contribution >= 4 is 5.82 Å². The van der Waals surface area contributed by atoms with Crippen molar-refractivity contribution in [2.45, 2.75) is 25.3 Å². The number of likely N-dealkylation sites (N-methyl/N-ethyl adjacent to an activating group) is 1. The van der Waals surface area contributed by atoms with Crippen molar-refractivity contribution in [3.05, 3.63) is 6.33 Å². The number of hydrogen-bond donors (Lipinski definition) is 1. The average Bonchev–Trinajstić information content (AvgIpc) is 2.38. The standard InChI is InChI=1S/C12H20N4O2/c1-16-6-4-3-5-9(16)7-18-12-10(17-2)11(13)14-8-15-12/h8-9H,3-7H2,1-2H3,(H2,13,14,15). The molecule has 2 rings (SSSR count). The molecule has 2 heterocycles. The highest BCUT2D eigenvalue weighted by atomic mass is 16.5. The molecular weight excluding hydrogens is 232 g/mol. The summed E-state index contributed by atoms with van der Waals surface area (Å²) in [6.07, 6.45) is 5.05. The van der Waals surface area contributed by atoms with Crippen LogP contribution >= 0.6 is 0 Å². The molecule has 0 amide bonds. The Morgan fingerprint density at radius 2 is 2.28 bits per heavy atom. The van der Waals surface area contributed by atoms with Crippen molar-refractivity contribution in [3.63, 3.8) is 0 Å². The fourth-order valence-electron chi connectivity index (χ4n) is 2.19. The molecule has 1 unspecified atom stereocenters. The first kappa shape index (κ1) is 12.9. The van der Waals surface area contributed by atoms with E-state index in [1.54, 1.807) is 0 Å². The highest BCUT2D eigenvalue weighted by molar-refractivity contribution is 5.51. The number of likely N-dealkylation sites (tertiary alicyclic amines) is 1. The summed E-state index contributed by atoms with van der Waals surface area (Å²) < 4.78 is 10.9. The maximum atomic E-state index is 5.72. The second-order valence-corrected chi connectivity index (χ2v) is 4.54. The summed E-state index contributed by atoms with van der Waals surface area (Å²) >= 11 is 0. The van der Waals surface area contributed by atoms with E-state index in [0.29, 0.717) is 30.1 Å². The van der Waals surface area contributed by atoms with Crippen molar-refractivity contribution in [2.75, 3.05) is 33.0 Å². The summed E-state index contributed by atoms with van der Waals surface area (Å²) in [4.78, 5) is 10.3. The quantitative estimate of drug-likeness (QED) is 0.859. The van der Waals surface area contributed by atoms with Crippen molar-refractivity contribution in [2.24, 2.45) is 0 Å². The molecule has 0 bridgehead atoms. The second-order valence-electron chi connectivity index (χ2n) is 4.54. The highest BCUT2D eigenvalue weighted by Crippen LogP contribution is 2.29. The number of anilines is 1. The topological polar surface area (TPSA) is 73.5 Å². The van der Waals surface area contributed by atoms with Crippen LogP contribution in [-0.4, -0.2) is 48.2 Å². The van der Waals surface area contributed by atoms with Gasteiger partial charge in [-0.15, -0.1) is 0 Å². The van der Waals surface area contributed by atoms with Crippen LogP contribution in [0.15, 0.2) is 6.33 Å². The molecule has 1 aromatic rings. The normalized spacial score (nSPS) is 20.7. The van der Waals surface area contributed by atoms with Gasteiger partial charge in [-0.1, -0.05) is 6.42 Å². The number of methoxy groups -OCH3 is 1. The van der Waals surface area contributed by atoms with E-state index in [1.165, 1.54) is 26.3 Å². The molecule has 1 saturated heterocycles. The van der Waals surface area contributed by atoms with E-state index in [1.807, 2.05) is 0 Å². The molecule has 0 aliphatic carbocycles. The molecule has 0 radical (unpaired) electrons. The van der Waals surface area contributed by atoms with Crippen LogP contribution in [0.4, 0.5) is 5.82 Å². The van der Waals surface area contributed by atoms with Gasteiger partial charge in [-0.25, -0.2) is 4.98 Å². The second kappa shape index (κ2) is 5.86. The zero-order valence-corrected chi connectivity index (χ0v) is 10.9. The Kier molecular flexibility index (Phi) is 4.19. The number of nitrogens with two attached hydrogens (primary N) is 1. The molecular formula is C12H20N4O2. The van der Waals surface area contributed by atoms with Crippen LogP contribution in [0, 0.1) is 0 Å². The number of rotatable bonds is 4. The van der Waals surface area contributed by atoms with E-state index < -0.39 is 0 Å². The lowest BCUT2D eigenvalue weighted by atomic mass is 10.0. The monoisotopic (exact) mass is 252 g/mol. The molecule has 6 heteroatoms. The van der Waals surface area contributed by atoms with Crippen molar-refractivity contribution in [3.8, 4) is 11.6 Å². The third-order valence-electron chi connectivity index (χ3n) is 3.34. The van der Waals surface area contributed by atoms with Crippen molar-refractivity contribution in [1.29, 1.82) is 0 Å². The molecule has 6 nitrogen and oxygen atoms in total. The third kappa shape index (κ3) is 2.81. The molecule has 1 aromatic heterocycles. The van der Waals surface area contributed by atoms with Gasteiger partial charge in [0.1, 0.15) is 12.9 Å². The maximum absolute atomic E-state index is 5.72. The predicted molar refractivity (Wildman–Crippen MR) is 68.8 cm³/mol. The summed E-state index contributed by atoms with van der Waals surface area (Å²) in [7, 11) is 3.66. The van der Waals surface area contributed by atoms with E-state index in [-0.39, 0.29) is 0 Å². The molecule has 0 aromatic carbocycles. The Labute approximate surface area is 107 Å². The van der Waals surface area contributed by atoms with E-state index in [2.05, 4.69) is 21.9 Å². The summed E-state index contributed by atoms with van der Waals surface area (Å²) in [5.74, 6) is 1.14. The van der Waals surface area contributed by atoms with Crippen LogP contribution in [0.1, 0.15) is 19.3 Å². The van der Waals surface area contributed by atoms with Gasteiger partial charge in [0.2, 0.25) is 5.75 Å². The number of piperidine rings is 1. The average molecular weight is 252 g/mol. The van der Waals surface area contributed by atoms with Gasteiger partial charge in [-0.2, -0.15) is 4.98 Å². The van der Waals surface area contributed by atoms with Crippen molar-refractivity contribution in [1.82, 2.24) is 14.9 Å². The summed E-state index contributed by atoms with van der Waals surface area (Å²) in [6, 6.07) is 0.430. The minimum Gasteiger partial charge on any atom is -0.489 e. The third-order valence-corrected chi connectivity index (χ3v) is 3.34. The molecule has 2 N–H and O–H groups in total. The van der Waals surface area contributed by atoms with Gasteiger partial charge in [0.15, 0.2) is 5.82 Å². The Hall–Kier alpha value is -1.56. The molecule has 1 fully saturated rings. The molecule has 0 saturated carbocycles. The first-order valence-electron chi connectivity index (χ1n) is 6.20. The summed E-state index contributed by atoms with van der Waals surface area (Å²) in [5.41, 5.74) is 5.70. The molecule has 1 aliphatic rings. The van der Waals surface area contributed by atoms with E-state index in [9.17, 15) is 0 Å². The minimum atomic E-state index is 0.305. The number of ether oxygens (including phenoxy) is 2. The van der Waals surface area contributed by atoms with Gasteiger partial charge < -0.3 is 20.1 Å². The Morgan fingerprint density at radius 1 is 1.44 bits per heavy atom. The molecule has 0 spiro atoms. The smallest absolute Gasteiger partial charge is 0.262 e. The molecule has 18 heavy (non-hydrogen) atoms. The van der Waals surface area contributed by atoms with Gasteiger partial charge in [0.05, 0.1) is 7.11 Å². The van der Waals surface area contributed by atoms with Crippen LogP contribution < -0.4 is 15.2 Å². The SMILES string of the molecule is COc1c(N)ncnc1OCC1CCCCN1C. The van der Waals surface area contributed by atoms with E-state index in [0.717, 1.165) is 13.0 Å². The number of hydrogen-bond acceptors (Lipinski definition) is 6. The van der Waals surface area contributed by atoms with E-state index >= 15 is 0 Å². The Balaban J connectivity index is 1.99. The van der Waals surface area contributed by atoms with Gasteiger partial charge in [0.25, 0.3) is 5.88 Å². The Morgan fingerprint density at radius 3 is 3.00 bits per heavy atom. The maximum Gasteiger partial charge on any atom is 0.262 e. The van der Waals surface area contributed by atoms with Crippen LogP contribution in [0.25, 0.3) is 0 Å². The van der Waals surface area contributed by atoms with Crippen molar-refractivity contribution < 1.29 is 9.47 Å². The summed E-state index contributed by atoms with van der Waals surface area (Å²) in [6.45, 7) is 1.72. The van der Waals surface area contributed by atoms with E-state index in [4.69, 9.17) is 15.2 Å². The summed E-state index contributed by atoms with van der Waals surface area (Å²) in [5, 5.41) is 0. The lowest BCUT2D eigenvalue weighted by Crippen LogP contribution is -2.40. The molecule has 1 atom stereocenters. The fraction of sp³-hybridized carbons (Fsp3) is 0.667. The largest absolute Gasteiger partial charge is 0.489 e. The minimum absolute atomic E-state index is 0.305. The van der Waals surface area contributed by atoms with Crippen LogP contribution in [0.3, 0.4) is 0 Å². The molecule has 1 aliphatic heterocycles. The lowest BCUT2D eigenvalue weighted by Gasteiger charge is -2.32.